The van der Waals surface area contributed by atoms with Crippen molar-refractivity contribution in [1.82, 2.24) is 5.32 Å². The van der Waals surface area contributed by atoms with Gasteiger partial charge < -0.3 is 20.1 Å². The van der Waals surface area contributed by atoms with Crippen LogP contribution in [0.3, 0.4) is 0 Å². The fourth-order valence-corrected chi connectivity index (χ4v) is 1.83. The van der Waals surface area contributed by atoms with Crippen LogP contribution < -0.4 is 20.1 Å². The fourth-order valence-electron chi connectivity index (χ4n) is 1.83. The second-order valence-electron chi connectivity index (χ2n) is 4.95. The van der Waals surface area contributed by atoms with Gasteiger partial charge in [-0.25, -0.2) is 4.79 Å². The molecule has 2 N–H and O–H groups in total. The van der Waals surface area contributed by atoms with Gasteiger partial charge in [-0.15, -0.1) is 0 Å². The fraction of sp³-hybridized carbons (Fsp3) is 0.235. The molecule has 22 heavy (non-hydrogen) atoms. The minimum Gasteiger partial charge on any atom is -0.487 e. The number of hydrogen-bond donors (Lipinski definition) is 2. The molecule has 2 aromatic rings. The van der Waals surface area contributed by atoms with Gasteiger partial charge in [-0.2, -0.15) is 0 Å². The molecule has 5 nitrogen and oxygen atoms in total. The number of benzene rings is 2. The summed E-state index contributed by atoms with van der Waals surface area (Å²) in [4.78, 5) is 11.4. The standard InChI is InChI=1S/C17H20N2O3/c1-12(2)21-16-11-13(19-17(20)18-3)9-10-15(16)22-14-7-5-4-6-8-14/h4-12H,1-3H3,(H2,18,19,20). The molecular formula is C17H20N2O3. The molecule has 0 radical (unpaired) electrons. The number of urea groups is 1. The number of anilines is 1. The van der Waals surface area contributed by atoms with Crippen molar-refractivity contribution in [3.63, 3.8) is 0 Å². The summed E-state index contributed by atoms with van der Waals surface area (Å²) in [7, 11) is 1.56. The van der Waals surface area contributed by atoms with E-state index in [0.29, 0.717) is 17.2 Å². The number of carbonyl (C=O) groups is 1. The third kappa shape index (κ3) is 4.41. The lowest BCUT2D eigenvalue weighted by molar-refractivity contribution is 0.233. The number of nitrogens with one attached hydrogen (secondary N) is 2. The summed E-state index contributed by atoms with van der Waals surface area (Å²) < 4.78 is 11.6. The first-order valence-corrected chi connectivity index (χ1v) is 7.11. The second-order valence-corrected chi connectivity index (χ2v) is 4.95. The van der Waals surface area contributed by atoms with E-state index in [2.05, 4.69) is 10.6 Å². The van der Waals surface area contributed by atoms with Gasteiger partial charge in [-0.3, -0.25) is 0 Å². The zero-order chi connectivity index (χ0) is 15.9. The van der Waals surface area contributed by atoms with Crippen molar-refractivity contribution in [3.8, 4) is 17.2 Å². The third-order valence-corrected chi connectivity index (χ3v) is 2.76. The maximum Gasteiger partial charge on any atom is 0.318 e. The average Bonchev–Trinajstić information content (AvgIpc) is 2.50. The van der Waals surface area contributed by atoms with Gasteiger partial charge in [0.05, 0.1) is 6.10 Å². The third-order valence-electron chi connectivity index (χ3n) is 2.76. The summed E-state index contributed by atoms with van der Waals surface area (Å²) in [5, 5.41) is 5.22. The van der Waals surface area contributed by atoms with Crippen LogP contribution in [0.2, 0.25) is 0 Å². The Hall–Kier alpha value is -2.69. The van der Waals surface area contributed by atoms with Crippen molar-refractivity contribution >= 4 is 11.7 Å². The predicted octanol–water partition coefficient (Wildman–Crippen LogP) is 4.02. The van der Waals surface area contributed by atoms with Crippen LogP contribution in [0.4, 0.5) is 10.5 Å². The van der Waals surface area contributed by atoms with Crippen LogP contribution in [0.15, 0.2) is 48.5 Å². The number of rotatable bonds is 5. The molecule has 116 valence electrons. The average molecular weight is 300 g/mol. The van der Waals surface area contributed by atoms with Crippen molar-refractivity contribution in [3.05, 3.63) is 48.5 Å². The van der Waals surface area contributed by atoms with E-state index < -0.39 is 0 Å². The number of ether oxygens (including phenoxy) is 2. The number of hydrogen-bond acceptors (Lipinski definition) is 3. The van der Waals surface area contributed by atoms with Gasteiger partial charge in [-0.05, 0) is 38.1 Å². The SMILES string of the molecule is CNC(=O)Nc1ccc(Oc2ccccc2)c(OC(C)C)c1. The van der Waals surface area contributed by atoms with Gasteiger partial charge in [0, 0.05) is 18.8 Å². The van der Waals surface area contributed by atoms with Crippen LogP contribution >= 0.6 is 0 Å². The molecule has 0 aliphatic heterocycles. The molecule has 0 aliphatic carbocycles. The summed E-state index contributed by atoms with van der Waals surface area (Å²) in [6.45, 7) is 3.87. The van der Waals surface area contributed by atoms with E-state index in [1.165, 1.54) is 0 Å². The lowest BCUT2D eigenvalue weighted by atomic mass is 10.2. The first kappa shape index (κ1) is 15.7. The monoisotopic (exact) mass is 300 g/mol. The molecule has 0 bridgehead atoms. The highest BCUT2D eigenvalue weighted by atomic mass is 16.5. The van der Waals surface area contributed by atoms with Crippen molar-refractivity contribution < 1.29 is 14.3 Å². The van der Waals surface area contributed by atoms with Crippen LogP contribution in [-0.4, -0.2) is 19.2 Å². The molecule has 0 fully saturated rings. The Morgan fingerprint density at radius 1 is 1.05 bits per heavy atom. The second kappa shape index (κ2) is 7.36. The van der Waals surface area contributed by atoms with Gasteiger partial charge in [0.15, 0.2) is 11.5 Å². The van der Waals surface area contributed by atoms with Gasteiger partial charge in [0.25, 0.3) is 0 Å². The molecular weight excluding hydrogens is 280 g/mol. The van der Waals surface area contributed by atoms with Gasteiger partial charge in [-0.1, -0.05) is 18.2 Å². The summed E-state index contributed by atoms with van der Waals surface area (Å²) in [5.74, 6) is 1.90. The first-order chi connectivity index (χ1) is 10.6. The largest absolute Gasteiger partial charge is 0.487 e. The maximum atomic E-state index is 11.4. The predicted molar refractivity (Wildman–Crippen MR) is 86.8 cm³/mol. The van der Waals surface area contributed by atoms with Crippen molar-refractivity contribution in [1.29, 1.82) is 0 Å². The van der Waals surface area contributed by atoms with E-state index in [1.807, 2.05) is 44.2 Å². The van der Waals surface area contributed by atoms with E-state index >= 15 is 0 Å². The van der Waals surface area contributed by atoms with E-state index in [0.717, 1.165) is 5.75 Å². The molecule has 0 saturated carbocycles. The van der Waals surface area contributed by atoms with E-state index in [4.69, 9.17) is 9.47 Å². The lowest BCUT2D eigenvalue weighted by Crippen LogP contribution is -2.24. The van der Waals surface area contributed by atoms with Crippen molar-refractivity contribution in [2.24, 2.45) is 0 Å². The Bertz CT molecular complexity index is 627. The van der Waals surface area contributed by atoms with Gasteiger partial charge in [0.2, 0.25) is 0 Å². The Labute approximate surface area is 130 Å². The van der Waals surface area contributed by atoms with E-state index in [-0.39, 0.29) is 12.1 Å². The molecule has 0 unspecified atom stereocenters. The molecule has 2 aromatic carbocycles. The first-order valence-electron chi connectivity index (χ1n) is 7.11. The van der Waals surface area contributed by atoms with Crippen LogP contribution in [0.25, 0.3) is 0 Å². The van der Waals surface area contributed by atoms with Crippen LogP contribution in [0.1, 0.15) is 13.8 Å². The van der Waals surface area contributed by atoms with Crippen molar-refractivity contribution in [2.75, 3.05) is 12.4 Å². The Balaban J connectivity index is 2.26. The summed E-state index contributed by atoms with van der Waals surface area (Å²) >= 11 is 0. The topological polar surface area (TPSA) is 59.6 Å². The van der Waals surface area contributed by atoms with Crippen LogP contribution in [0, 0.1) is 0 Å². The Morgan fingerprint density at radius 2 is 1.77 bits per heavy atom. The molecule has 0 spiro atoms. The minimum atomic E-state index is -0.285. The highest BCUT2D eigenvalue weighted by Crippen LogP contribution is 2.34. The zero-order valence-electron chi connectivity index (χ0n) is 12.9. The molecule has 5 heteroatoms. The summed E-state index contributed by atoms with van der Waals surface area (Å²) in [6.07, 6.45) is -0.00613. The highest BCUT2D eigenvalue weighted by molar-refractivity contribution is 5.89. The quantitative estimate of drug-likeness (QED) is 0.877. The molecule has 2 amide bonds. The molecule has 0 atom stereocenters. The highest BCUT2D eigenvalue weighted by Gasteiger charge is 2.11. The summed E-state index contributed by atoms with van der Waals surface area (Å²) in [6, 6.07) is 14.5. The smallest absolute Gasteiger partial charge is 0.318 e. The molecule has 0 heterocycles. The molecule has 0 saturated heterocycles. The van der Waals surface area contributed by atoms with Crippen LogP contribution in [0.5, 0.6) is 17.2 Å². The van der Waals surface area contributed by atoms with Gasteiger partial charge >= 0.3 is 6.03 Å². The van der Waals surface area contributed by atoms with E-state index in [1.54, 1.807) is 25.2 Å². The minimum absolute atomic E-state index is 0.00613. The van der Waals surface area contributed by atoms with Crippen LogP contribution in [-0.2, 0) is 0 Å². The Kier molecular flexibility index (Phi) is 5.25. The number of amides is 2. The number of para-hydroxylation sites is 1. The molecule has 0 aromatic heterocycles. The normalized spacial score (nSPS) is 10.2. The van der Waals surface area contributed by atoms with E-state index in [9.17, 15) is 4.79 Å². The molecule has 2 rings (SSSR count). The lowest BCUT2D eigenvalue weighted by Gasteiger charge is -2.16. The summed E-state index contributed by atoms with van der Waals surface area (Å²) in [5.41, 5.74) is 0.635. The van der Waals surface area contributed by atoms with Crippen molar-refractivity contribution in [2.45, 2.75) is 20.0 Å². The molecule has 0 aliphatic rings. The van der Waals surface area contributed by atoms with Gasteiger partial charge in [0.1, 0.15) is 5.75 Å². The Morgan fingerprint density at radius 3 is 2.41 bits per heavy atom. The maximum absolute atomic E-state index is 11.4. The zero-order valence-corrected chi connectivity index (χ0v) is 12.9. The number of carbonyl (C=O) groups excluding carboxylic acids is 1.